The number of carbonyl (C=O) groups excluding carboxylic acids is 3. The van der Waals surface area contributed by atoms with Gasteiger partial charge in [-0.05, 0) is 24.5 Å². The monoisotopic (exact) mass is 540 g/mol. The van der Waals surface area contributed by atoms with Gasteiger partial charge in [0, 0.05) is 50.4 Å². The zero-order valence-electron chi connectivity index (χ0n) is 22.1. The van der Waals surface area contributed by atoms with Crippen LogP contribution in [0.5, 0.6) is 11.5 Å². The van der Waals surface area contributed by atoms with Crippen molar-refractivity contribution in [3.63, 3.8) is 0 Å². The summed E-state index contributed by atoms with van der Waals surface area (Å²) in [5.74, 6) is 0.578. The van der Waals surface area contributed by atoms with Gasteiger partial charge in [-0.1, -0.05) is 24.4 Å². The highest BCUT2D eigenvalue weighted by molar-refractivity contribution is 8.16. The van der Waals surface area contributed by atoms with Crippen molar-refractivity contribution in [2.24, 2.45) is 4.99 Å². The van der Waals surface area contributed by atoms with Crippen LogP contribution in [0.1, 0.15) is 31.9 Å². The van der Waals surface area contributed by atoms with Crippen molar-refractivity contribution in [3.8, 4) is 11.5 Å². The lowest BCUT2D eigenvalue weighted by Gasteiger charge is -2.38. The minimum Gasteiger partial charge on any atom is -0.497 e. The van der Waals surface area contributed by atoms with E-state index in [9.17, 15) is 14.4 Å². The molecule has 0 N–H and O–H groups in total. The lowest BCUT2D eigenvalue weighted by Crippen LogP contribution is -2.50. The Kier molecular flexibility index (Phi) is 8.45. The summed E-state index contributed by atoms with van der Waals surface area (Å²) >= 11 is 1.40. The van der Waals surface area contributed by atoms with Crippen molar-refractivity contribution in [2.45, 2.75) is 26.3 Å². The van der Waals surface area contributed by atoms with Crippen LogP contribution in [0.2, 0.25) is 0 Å². The Morgan fingerprint density at radius 1 is 1.13 bits per heavy atom. The number of ether oxygens (including phenoxy) is 3. The molecule has 4 rings (SSSR count). The number of hydrogen-bond acceptors (Lipinski definition) is 9. The number of fused-ring (bicyclic) bond motifs is 1. The summed E-state index contributed by atoms with van der Waals surface area (Å²) in [4.78, 5) is 48.4. The van der Waals surface area contributed by atoms with Gasteiger partial charge >= 0.3 is 5.97 Å². The Morgan fingerprint density at radius 3 is 2.47 bits per heavy atom. The molecule has 0 bridgehead atoms. The van der Waals surface area contributed by atoms with E-state index in [1.807, 2.05) is 16.4 Å². The Bertz CT molecular complexity index is 1230. The van der Waals surface area contributed by atoms with E-state index in [0.29, 0.717) is 59.7 Å². The maximum atomic E-state index is 13.3. The molecular weight excluding hydrogens is 508 g/mol. The Morgan fingerprint density at radius 2 is 1.84 bits per heavy atom. The molecule has 2 amide bonds. The number of aliphatic imine (C=N–C) groups is 1. The SMILES string of the molecule is C=CCOC(=O)C1=C(C)N=C2SC=C(CC(=O)N3CCN(C(C)=O)CC3)N2[C@H]1c1ccc(OC)cc1OC. The molecule has 1 saturated heterocycles. The van der Waals surface area contributed by atoms with Crippen LogP contribution >= 0.6 is 11.8 Å². The van der Waals surface area contributed by atoms with Gasteiger partial charge in [0.15, 0.2) is 5.17 Å². The minimum atomic E-state index is -0.635. The highest BCUT2D eigenvalue weighted by atomic mass is 32.2. The van der Waals surface area contributed by atoms with Crippen molar-refractivity contribution in [3.05, 3.63) is 58.8 Å². The predicted molar refractivity (Wildman–Crippen MR) is 145 cm³/mol. The first-order chi connectivity index (χ1) is 18.3. The molecule has 0 aromatic heterocycles. The van der Waals surface area contributed by atoms with E-state index in [-0.39, 0.29) is 24.8 Å². The third-order valence-electron chi connectivity index (χ3n) is 6.70. The average molecular weight is 541 g/mol. The molecule has 0 saturated carbocycles. The fraction of sp³-hybridized carbons (Fsp3) is 0.407. The van der Waals surface area contributed by atoms with Crippen LogP contribution in [-0.2, 0) is 19.1 Å². The number of esters is 1. The number of hydrogen-bond donors (Lipinski definition) is 0. The predicted octanol–water partition coefficient (Wildman–Crippen LogP) is 3.09. The molecule has 1 aromatic rings. The second kappa shape index (κ2) is 11.8. The van der Waals surface area contributed by atoms with Crippen LogP contribution in [0, 0.1) is 0 Å². The lowest BCUT2D eigenvalue weighted by atomic mass is 9.93. The number of allylic oxidation sites excluding steroid dienone is 1. The second-order valence-electron chi connectivity index (χ2n) is 8.95. The molecule has 0 aliphatic carbocycles. The fourth-order valence-electron chi connectivity index (χ4n) is 4.72. The van der Waals surface area contributed by atoms with Gasteiger partial charge in [-0.15, -0.1) is 0 Å². The van der Waals surface area contributed by atoms with E-state index < -0.39 is 12.0 Å². The van der Waals surface area contributed by atoms with Gasteiger partial charge in [0.25, 0.3) is 0 Å². The number of thioether (sulfide) groups is 1. The molecule has 1 fully saturated rings. The third-order valence-corrected chi connectivity index (χ3v) is 7.59. The molecule has 10 nitrogen and oxygen atoms in total. The molecule has 0 unspecified atom stereocenters. The first-order valence-electron chi connectivity index (χ1n) is 12.3. The second-order valence-corrected chi connectivity index (χ2v) is 9.79. The van der Waals surface area contributed by atoms with Crippen molar-refractivity contribution >= 4 is 34.7 Å². The van der Waals surface area contributed by atoms with Gasteiger partial charge < -0.3 is 28.9 Å². The van der Waals surface area contributed by atoms with Crippen LogP contribution in [0.4, 0.5) is 0 Å². The number of amides is 2. The molecule has 1 aromatic carbocycles. The molecule has 11 heteroatoms. The number of piperazine rings is 1. The molecule has 3 heterocycles. The third kappa shape index (κ3) is 5.42. The van der Waals surface area contributed by atoms with Gasteiger partial charge in [0.1, 0.15) is 18.1 Å². The minimum absolute atomic E-state index is 0.00970. The summed E-state index contributed by atoms with van der Waals surface area (Å²) < 4.78 is 16.5. The molecule has 0 spiro atoms. The van der Waals surface area contributed by atoms with Gasteiger partial charge in [-0.3, -0.25) is 9.59 Å². The molecule has 38 heavy (non-hydrogen) atoms. The first-order valence-corrected chi connectivity index (χ1v) is 13.1. The number of methoxy groups -OCH3 is 2. The topological polar surface area (TPSA) is 101 Å². The zero-order valence-corrected chi connectivity index (χ0v) is 22.9. The number of benzene rings is 1. The highest BCUT2D eigenvalue weighted by Gasteiger charge is 2.42. The van der Waals surface area contributed by atoms with Gasteiger partial charge in [-0.25, -0.2) is 9.79 Å². The molecular formula is C27H32N4O6S. The molecule has 3 aliphatic rings. The Labute approximate surface area is 226 Å². The lowest BCUT2D eigenvalue weighted by molar-refractivity contribution is -0.138. The van der Waals surface area contributed by atoms with Gasteiger partial charge in [0.05, 0.1) is 38.0 Å². The zero-order chi connectivity index (χ0) is 27.4. The maximum Gasteiger partial charge on any atom is 0.338 e. The molecule has 202 valence electrons. The summed E-state index contributed by atoms with van der Waals surface area (Å²) in [6.07, 6.45) is 1.63. The summed E-state index contributed by atoms with van der Waals surface area (Å²) in [5, 5.41) is 2.56. The van der Waals surface area contributed by atoms with Crippen LogP contribution in [0.25, 0.3) is 0 Å². The van der Waals surface area contributed by atoms with Crippen molar-refractivity contribution in [2.75, 3.05) is 47.0 Å². The normalized spacial score (nSPS) is 18.9. The Hall–Kier alpha value is -3.73. The van der Waals surface area contributed by atoms with Crippen LogP contribution < -0.4 is 9.47 Å². The van der Waals surface area contributed by atoms with Crippen LogP contribution in [0.15, 0.2) is 58.2 Å². The van der Waals surface area contributed by atoms with Crippen molar-refractivity contribution in [1.29, 1.82) is 0 Å². The quantitative estimate of drug-likeness (QED) is 0.366. The standard InChI is InChI=1S/C27H32N4O6S/c1-6-13-37-26(34)24-17(2)28-27-31(25(24)21-8-7-20(35-4)15-22(21)36-5)19(16-38-27)14-23(33)30-11-9-29(10-12-30)18(3)32/h6-8,15-16,25H,1,9-14H2,2-5H3/t25-/m0/s1. The smallest absolute Gasteiger partial charge is 0.338 e. The van der Waals surface area contributed by atoms with E-state index in [2.05, 4.69) is 6.58 Å². The molecule has 3 aliphatic heterocycles. The largest absolute Gasteiger partial charge is 0.497 e. The van der Waals surface area contributed by atoms with E-state index in [1.165, 1.54) is 24.8 Å². The molecule has 1 atom stereocenters. The number of nitrogens with zero attached hydrogens (tertiary/aromatic N) is 4. The summed E-state index contributed by atoms with van der Waals surface area (Å²) in [6.45, 7) is 8.99. The van der Waals surface area contributed by atoms with E-state index in [0.717, 1.165) is 5.70 Å². The fourth-order valence-corrected chi connectivity index (χ4v) is 5.68. The maximum absolute atomic E-state index is 13.3. The molecule has 0 radical (unpaired) electrons. The van der Waals surface area contributed by atoms with E-state index in [4.69, 9.17) is 19.2 Å². The highest BCUT2D eigenvalue weighted by Crippen LogP contribution is 2.47. The summed E-state index contributed by atoms with van der Waals surface area (Å²) in [5.41, 5.74) is 2.32. The number of amidine groups is 1. The van der Waals surface area contributed by atoms with Crippen LogP contribution in [0.3, 0.4) is 0 Å². The number of rotatable bonds is 8. The number of carbonyl (C=O) groups is 3. The van der Waals surface area contributed by atoms with Crippen molar-refractivity contribution in [1.82, 2.24) is 14.7 Å². The summed E-state index contributed by atoms with van der Waals surface area (Å²) in [7, 11) is 3.13. The summed E-state index contributed by atoms with van der Waals surface area (Å²) in [6, 6.07) is 4.78. The van der Waals surface area contributed by atoms with Gasteiger partial charge in [0.2, 0.25) is 11.8 Å². The van der Waals surface area contributed by atoms with Crippen LogP contribution in [-0.4, -0.2) is 84.7 Å². The first kappa shape index (κ1) is 27.3. The van der Waals surface area contributed by atoms with E-state index >= 15 is 0 Å². The van der Waals surface area contributed by atoms with Crippen molar-refractivity contribution < 1.29 is 28.6 Å². The van der Waals surface area contributed by atoms with Gasteiger partial charge in [-0.2, -0.15) is 0 Å². The Balaban J connectivity index is 1.68. The van der Waals surface area contributed by atoms with E-state index in [1.54, 1.807) is 43.1 Å². The average Bonchev–Trinajstić information content (AvgIpc) is 3.32.